The second kappa shape index (κ2) is 5.20. The Balaban J connectivity index is 2.34. The van der Waals surface area contributed by atoms with Gasteiger partial charge in [0, 0.05) is 26.2 Å². The zero-order valence-corrected chi connectivity index (χ0v) is 10.4. The molecule has 0 amide bonds. The highest BCUT2D eigenvalue weighted by molar-refractivity contribution is 5.49. The highest BCUT2D eigenvalue weighted by atomic mass is 19.4. The molecular formula is C11H15F3N4O. The van der Waals surface area contributed by atoms with Gasteiger partial charge in [-0.3, -0.25) is 0 Å². The molecule has 1 saturated heterocycles. The van der Waals surface area contributed by atoms with Crippen LogP contribution in [0.1, 0.15) is 18.7 Å². The van der Waals surface area contributed by atoms with Crippen molar-refractivity contribution in [3.05, 3.63) is 11.9 Å². The highest BCUT2D eigenvalue weighted by Crippen LogP contribution is 2.29. The summed E-state index contributed by atoms with van der Waals surface area (Å²) in [5.74, 6) is -0.878. The summed E-state index contributed by atoms with van der Waals surface area (Å²) in [5, 5.41) is 12.2. The van der Waals surface area contributed by atoms with Crippen LogP contribution in [-0.2, 0) is 6.18 Å². The van der Waals surface area contributed by atoms with Gasteiger partial charge in [-0.2, -0.15) is 13.2 Å². The molecule has 2 heterocycles. The molecule has 1 aromatic heterocycles. The molecule has 106 valence electrons. The first-order valence-electron chi connectivity index (χ1n) is 5.97. The molecule has 8 heteroatoms. The van der Waals surface area contributed by atoms with Crippen LogP contribution in [-0.4, -0.2) is 41.3 Å². The summed E-state index contributed by atoms with van der Waals surface area (Å²) in [7, 11) is 1.50. The number of aliphatic hydroxyl groups excluding tert-OH is 1. The number of nitrogens with one attached hydrogen (secondary N) is 1. The lowest BCUT2D eigenvalue weighted by Crippen LogP contribution is -2.39. The van der Waals surface area contributed by atoms with Gasteiger partial charge >= 0.3 is 6.18 Å². The Bertz CT molecular complexity index is 452. The Morgan fingerprint density at radius 2 is 2.16 bits per heavy atom. The highest BCUT2D eigenvalue weighted by Gasteiger charge is 2.36. The van der Waals surface area contributed by atoms with Crippen LogP contribution in [0.25, 0.3) is 0 Å². The first-order chi connectivity index (χ1) is 8.90. The maximum atomic E-state index is 12.7. The molecule has 5 nitrogen and oxygen atoms in total. The molecule has 1 aliphatic heterocycles. The normalized spacial score (nSPS) is 20.5. The largest absolute Gasteiger partial charge is 0.451 e. The van der Waals surface area contributed by atoms with Crippen molar-refractivity contribution >= 4 is 11.6 Å². The molecule has 0 spiro atoms. The molecule has 0 aliphatic carbocycles. The fraction of sp³-hybridized carbons (Fsp3) is 0.636. The molecule has 1 fully saturated rings. The minimum absolute atomic E-state index is 0.109. The van der Waals surface area contributed by atoms with E-state index in [1.54, 1.807) is 4.90 Å². The summed E-state index contributed by atoms with van der Waals surface area (Å²) < 4.78 is 38.1. The Morgan fingerprint density at radius 3 is 2.74 bits per heavy atom. The van der Waals surface area contributed by atoms with E-state index in [1.165, 1.54) is 13.1 Å². The van der Waals surface area contributed by atoms with E-state index in [9.17, 15) is 18.3 Å². The fourth-order valence-electron chi connectivity index (χ4n) is 2.01. The third-order valence-electron chi connectivity index (χ3n) is 2.94. The number of rotatable bonds is 2. The predicted octanol–water partition coefficient (Wildman–Crippen LogP) is 1.50. The van der Waals surface area contributed by atoms with Gasteiger partial charge in [-0.05, 0) is 12.8 Å². The number of aliphatic hydroxyl groups is 1. The van der Waals surface area contributed by atoms with Gasteiger partial charge in [0.15, 0.2) is 0 Å². The van der Waals surface area contributed by atoms with Gasteiger partial charge in [-0.15, -0.1) is 0 Å². The number of alkyl halides is 3. The van der Waals surface area contributed by atoms with Crippen molar-refractivity contribution < 1.29 is 18.3 Å². The minimum atomic E-state index is -4.59. The third-order valence-corrected chi connectivity index (χ3v) is 2.94. The molecule has 1 unspecified atom stereocenters. The Kier molecular flexibility index (Phi) is 3.79. The zero-order chi connectivity index (χ0) is 14.0. The van der Waals surface area contributed by atoms with E-state index < -0.39 is 18.1 Å². The third kappa shape index (κ3) is 3.25. The standard InChI is InChI=1S/C11H15F3N4O/c1-15-8-5-9(17-10(16-8)11(12,13)14)18-4-2-3-7(19)6-18/h5,7,19H,2-4,6H2,1H3,(H,15,16,17). The van der Waals surface area contributed by atoms with Gasteiger partial charge in [0.05, 0.1) is 6.10 Å². The number of β-amino-alcohol motifs (C(OH)–C–C–N with tert-alkyl or cyclic N) is 1. The van der Waals surface area contributed by atoms with Crippen molar-refractivity contribution in [2.24, 2.45) is 0 Å². The van der Waals surface area contributed by atoms with Crippen LogP contribution in [0.3, 0.4) is 0 Å². The number of nitrogens with zero attached hydrogens (tertiary/aromatic N) is 3. The molecule has 0 aromatic carbocycles. The van der Waals surface area contributed by atoms with Crippen molar-refractivity contribution in [2.45, 2.75) is 25.1 Å². The number of hydrogen-bond acceptors (Lipinski definition) is 5. The van der Waals surface area contributed by atoms with Crippen LogP contribution >= 0.6 is 0 Å². The van der Waals surface area contributed by atoms with Crippen LogP contribution < -0.4 is 10.2 Å². The molecule has 0 saturated carbocycles. The average Bonchev–Trinajstić information content (AvgIpc) is 2.37. The van der Waals surface area contributed by atoms with Crippen LogP contribution in [0.15, 0.2) is 6.07 Å². The van der Waals surface area contributed by atoms with Crippen LogP contribution in [0.5, 0.6) is 0 Å². The van der Waals surface area contributed by atoms with E-state index in [4.69, 9.17) is 0 Å². The lowest BCUT2D eigenvalue weighted by molar-refractivity contribution is -0.144. The van der Waals surface area contributed by atoms with Crippen LogP contribution in [0.2, 0.25) is 0 Å². The average molecular weight is 276 g/mol. The first kappa shape index (κ1) is 13.9. The second-order valence-corrected chi connectivity index (χ2v) is 4.42. The van der Waals surface area contributed by atoms with Gasteiger partial charge in [0.25, 0.3) is 0 Å². The molecule has 1 aromatic rings. The molecule has 2 N–H and O–H groups in total. The smallest absolute Gasteiger partial charge is 0.391 e. The van der Waals surface area contributed by atoms with Gasteiger partial charge in [0.2, 0.25) is 5.82 Å². The molecule has 0 bridgehead atoms. The summed E-state index contributed by atoms with van der Waals surface area (Å²) in [6.07, 6.45) is -3.74. The maximum absolute atomic E-state index is 12.7. The summed E-state index contributed by atoms with van der Waals surface area (Å²) in [4.78, 5) is 8.59. The lowest BCUT2D eigenvalue weighted by Gasteiger charge is -2.31. The summed E-state index contributed by atoms with van der Waals surface area (Å²) in [5.41, 5.74) is 0. The van der Waals surface area contributed by atoms with E-state index in [0.29, 0.717) is 13.0 Å². The Morgan fingerprint density at radius 1 is 1.42 bits per heavy atom. The molecule has 1 atom stereocenters. The van der Waals surface area contributed by atoms with Gasteiger partial charge < -0.3 is 15.3 Å². The monoisotopic (exact) mass is 276 g/mol. The first-order valence-corrected chi connectivity index (χ1v) is 5.97. The fourth-order valence-corrected chi connectivity index (χ4v) is 2.01. The second-order valence-electron chi connectivity index (χ2n) is 4.42. The zero-order valence-electron chi connectivity index (χ0n) is 10.4. The van der Waals surface area contributed by atoms with Crippen molar-refractivity contribution in [1.29, 1.82) is 0 Å². The van der Waals surface area contributed by atoms with Crippen molar-refractivity contribution in [3.63, 3.8) is 0 Å². The van der Waals surface area contributed by atoms with Gasteiger partial charge in [-0.25, -0.2) is 9.97 Å². The summed E-state index contributed by atoms with van der Waals surface area (Å²) in [6.45, 7) is 0.867. The molecule has 2 rings (SSSR count). The van der Waals surface area contributed by atoms with Gasteiger partial charge in [-0.1, -0.05) is 0 Å². The Hall–Kier alpha value is -1.57. The van der Waals surface area contributed by atoms with E-state index >= 15 is 0 Å². The quantitative estimate of drug-likeness (QED) is 0.857. The number of anilines is 2. The van der Waals surface area contributed by atoms with Gasteiger partial charge in [0.1, 0.15) is 11.6 Å². The number of piperidine rings is 1. The van der Waals surface area contributed by atoms with Crippen molar-refractivity contribution in [1.82, 2.24) is 9.97 Å². The van der Waals surface area contributed by atoms with E-state index in [0.717, 1.165) is 6.42 Å². The van der Waals surface area contributed by atoms with Crippen LogP contribution in [0, 0.1) is 0 Å². The SMILES string of the molecule is CNc1cc(N2CCCC(O)C2)nc(C(F)(F)F)n1. The minimum Gasteiger partial charge on any atom is -0.391 e. The topological polar surface area (TPSA) is 61.3 Å². The molecule has 0 radical (unpaired) electrons. The molecule has 19 heavy (non-hydrogen) atoms. The maximum Gasteiger partial charge on any atom is 0.451 e. The lowest BCUT2D eigenvalue weighted by atomic mass is 10.1. The molecule has 1 aliphatic rings. The van der Waals surface area contributed by atoms with Crippen LogP contribution in [0.4, 0.5) is 24.8 Å². The number of halogens is 3. The van der Waals surface area contributed by atoms with E-state index in [2.05, 4.69) is 15.3 Å². The Labute approximate surface area is 108 Å². The number of aromatic nitrogens is 2. The van der Waals surface area contributed by atoms with E-state index in [-0.39, 0.29) is 18.2 Å². The van der Waals surface area contributed by atoms with Crippen molar-refractivity contribution in [2.75, 3.05) is 30.4 Å². The molecular weight excluding hydrogens is 261 g/mol. The predicted molar refractivity (Wildman–Crippen MR) is 64.0 cm³/mol. The number of hydrogen-bond donors (Lipinski definition) is 2. The van der Waals surface area contributed by atoms with E-state index in [1.807, 2.05) is 0 Å². The van der Waals surface area contributed by atoms with Crippen molar-refractivity contribution in [3.8, 4) is 0 Å². The summed E-state index contributed by atoms with van der Waals surface area (Å²) in [6, 6.07) is 1.45. The summed E-state index contributed by atoms with van der Waals surface area (Å²) >= 11 is 0.